The summed E-state index contributed by atoms with van der Waals surface area (Å²) in [6, 6.07) is 5.74. The van der Waals surface area contributed by atoms with Crippen LogP contribution in [0.25, 0.3) is 0 Å². The van der Waals surface area contributed by atoms with Gasteiger partial charge >= 0.3 is 11.0 Å². The Hall–Kier alpha value is -2.15. The van der Waals surface area contributed by atoms with Crippen LogP contribution >= 0.6 is 22.7 Å². The normalized spacial score (nSPS) is 11.3. The van der Waals surface area contributed by atoms with Gasteiger partial charge in [-0.2, -0.15) is 0 Å². The molecule has 0 unspecified atom stereocenters. The van der Waals surface area contributed by atoms with Crippen LogP contribution in [0.4, 0.5) is 5.00 Å². The zero-order valence-corrected chi connectivity index (χ0v) is 15.9. The zero-order chi connectivity index (χ0) is 19.3. The van der Waals surface area contributed by atoms with Gasteiger partial charge in [0.25, 0.3) is 0 Å². The average Bonchev–Trinajstić information content (AvgIpc) is 3.20. The molecule has 2 aromatic rings. The molecule has 0 saturated heterocycles. The molecule has 0 spiro atoms. The summed E-state index contributed by atoms with van der Waals surface area (Å²) in [5, 5.41) is 10.4. The van der Waals surface area contributed by atoms with Crippen LogP contribution in [0.1, 0.15) is 24.2 Å². The van der Waals surface area contributed by atoms with Crippen molar-refractivity contribution in [3.63, 3.8) is 0 Å². The molecule has 140 valence electrons. The fraction of sp³-hybridized carbons (Fsp3) is 0.286. The van der Waals surface area contributed by atoms with Crippen LogP contribution in [-0.2, 0) is 21.2 Å². The monoisotopic (exact) mass is 418 g/mol. The number of ketones is 1. The molecule has 0 aliphatic carbocycles. The van der Waals surface area contributed by atoms with Crippen molar-refractivity contribution in [3.8, 4) is 0 Å². The number of nitrogens with one attached hydrogen (secondary N) is 1. The van der Waals surface area contributed by atoms with Gasteiger partial charge in [0.1, 0.15) is 4.88 Å². The number of thiophene rings is 2. The summed E-state index contributed by atoms with van der Waals surface area (Å²) in [6.45, 7) is -0.259. The lowest BCUT2D eigenvalue weighted by Gasteiger charge is -2.01. The Morgan fingerprint density at radius 2 is 1.88 bits per heavy atom. The van der Waals surface area contributed by atoms with E-state index in [2.05, 4.69) is 4.72 Å². The molecule has 0 amide bonds. The van der Waals surface area contributed by atoms with Gasteiger partial charge in [-0.3, -0.25) is 14.9 Å². The topological polar surface area (TPSA) is 133 Å². The molecule has 0 radical (unpaired) electrons. The van der Waals surface area contributed by atoms with Crippen molar-refractivity contribution >= 4 is 49.5 Å². The van der Waals surface area contributed by atoms with Gasteiger partial charge in [-0.05, 0) is 24.6 Å². The Kier molecular flexibility index (Phi) is 6.58. The van der Waals surface area contributed by atoms with E-state index in [1.54, 1.807) is 12.1 Å². The molecule has 2 rings (SSSR count). The van der Waals surface area contributed by atoms with Crippen LogP contribution in [0.2, 0.25) is 0 Å². The van der Waals surface area contributed by atoms with Crippen LogP contribution in [0.15, 0.2) is 24.3 Å². The van der Waals surface area contributed by atoms with Gasteiger partial charge in [0.2, 0.25) is 15.8 Å². The quantitative estimate of drug-likeness (QED) is 0.284. The largest absolute Gasteiger partial charge is 0.453 e. The predicted octanol–water partition coefficient (Wildman–Crippen LogP) is 1.85. The first kappa shape index (κ1) is 20.2. The Labute approximate surface area is 156 Å². The molecule has 9 nitrogen and oxygen atoms in total. The molecular weight excluding hydrogens is 404 g/mol. The SMILES string of the molecule is CS(=O)(=O)NCCc1ccc(C(=O)COC(=O)c2ccc([N+](=O)[O-])s2)s1. The molecule has 1 N–H and O–H groups in total. The van der Waals surface area contributed by atoms with Crippen LogP contribution in [-0.4, -0.2) is 44.5 Å². The van der Waals surface area contributed by atoms with E-state index in [9.17, 15) is 28.1 Å². The highest BCUT2D eigenvalue weighted by atomic mass is 32.2. The minimum absolute atomic E-state index is 0.0446. The minimum Gasteiger partial charge on any atom is -0.453 e. The highest BCUT2D eigenvalue weighted by molar-refractivity contribution is 7.88. The summed E-state index contributed by atoms with van der Waals surface area (Å²) in [7, 11) is -3.26. The number of hydrogen-bond acceptors (Lipinski definition) is 9. The Morgan fingerprint density at radius 1 is 1.19 bits per heavy atom. The Bertz CT molecular complexity index is 930. The lowest BCUT2D eigenvalue weighted by Crippen LogP contribution is -2.24. The molecule has 0 fully saturated rings. The lowest BCUT2D eigenvalue weighted by molar-refractivity contribution is -0.380. The summed E-state index contributed by atoms with van der Waals surface area (Å²) in [5.74, 6) is -1.21. The van der Waals surface area contributed by atoms with E-state index >= 15 is 0 Å². The van der Waals surface area contributed by atoms with Gasteiger partial charge in [0.15, 0.2) is 6.61 Å². The van der Waals surface area contributed by atoms with E-state index in [-0.39, 0.29) is 16.4 Å². The number of ether oxygens (including phenoxy) is 1. The smallest absolute Gasteiger partial charge is 0.349 e. The van der Waals surface area contributed by atoms with Crippen molar-refractivity contribution in [2.75, 3.05) is 19.4 Å². The number of nitrogens with zero attached hydrogens (tertiary/aromatic N) is 1. The fourth-order valence-electron chi connectivity index (χ4n) is 1.83. The highest BCUT2D eigenvalue weighted by Crippen LogP contribution is 2.24. The molecule has 0 aliphatic rings. The predicted molar refractivity (Wildman–Crippen MR) is 96.5 cm³/mol. The second-order valence-electron chi connectivity index (χ2n) is 5.08. The first-order valence-corrected chi connectivity index (χ1v) is 10.7. The fourth-order valence-corrected chi connectivity index (χ4v) is 3.95. The van der Waals surface area contributed by atoms with Crippen LogP contribution in [0, 0.1) is 10.1 Å². The number of esters is 1. The maximum absolute atomic E-state index is 12.1. The van der Waals surface area contributed by atoms with Crippen LogP contribution in [0.3, 0.4) is 0 Å². The third-order valence-electron chi connectivity index (χ3n) is 2.98. The molecule has 2 heterocycles. The van der Waals surface area contributed by atoms with E-state index in [1.165, 1.54) is 23.5 Å². The third-order valence-corrected chi connectivity index (χ3v) is 5.91. The molecule has 0 saturated carbocycles. The van der Waals surface area contributed by atoms with E-state index in [0.717, 1.165) is 11.1 Å². The third kappa shape index (κ3) is 5.98. The maximum Gasteiger partial charge on any atom is 0.349 e. The summed E-state index contributed by atoms with van der Waals surface area (Å²) < 4.78 is 29.2. The number of sulfonamides is 1. The zero-order valence-electron chi connectivity index (χ0n) is 13.5. The minimum atomic E-state index is -3.26. The number of nitro groups is 1. The van der Waals surface area contributed by atoms with Crippen LogP contribution in [0.5, 0.6) is 0 Å². The number of carbonyl (C=O) groups excluding carboxylic acids is 2. The summed E-state index contributed by atoms with van der Waals surface area (Å²) in [4.78, 5) is 35.1. The van der Waals surface area contributed by atoms with Gasteiger partial charge in [-0.25, -0.2) is 17.9 Å². The van der Waals surface area contributed by atoms with E-state index < -0.39 is 33.3 Å². The Balaban J connectivity index is 1.85. The second kappa shape index (κ2) is 8.49. The van der Waals surface area contributed by atoms with Crippen LogP contribution < -0.4 is 4.72 Å². The molecule has 0 atom stereocenters. The van der Waals surface area contributed by atoms with E-state index in [1.807, 2.05) is 0 Å². The second-order valence-corrected chi connectivity index (χ2v) is 9.14. The van der Waals surface area contributed by atoms with Crippen molar-refractivity contribution in [3.05, 3.63) is 49.0 Å². The average molecular weight is 418 g/mol. The van der Waals surface area contributed by atoms with Gasteiger partial charge in [0, 0.05) is 17.5 Å². The number of hydrogen-bond donors (Lipinski definition) is 1. The molecule has 0 aliphatic heterocycles. The maximum atomic E-state index is 12.1. The van der Waals surface area contributed by atoms with E-state index in [4.69, 9.17) is 4.74 Å². The highest BCUT2D eigenvalue weighted by Gasteiger charge is 2.18. The van der Waals surface area contributed by atoms with Crippen molar-refractivity contribution < 1.29 is 27.7 Å². The van der Waals surface area contributed by atoms with Gasteiger partial charge in [-0.15, -0.1) is 11.3 Å². The summed E-state index contributed by atoms with van der Waals surface area (Å²) in [6.07, 6.45) is 1.50. The van der Waals surface area contributed by atoms with Gasteiger partial charge < -0.3 is 4.74 Å². The number of Topliss-reactive ketones (excluding diaryl/α,β-unsaturated/α-hetero) is 1. The Morgan fingerprint density at radius 3 is 2.50 bits per heavy atom. The van der Waals surface area contributed by atoms with Crippen molar-refractivity contribution in [1.82, 2.24) is 4.72 Å². The van der Waals surface area contributed by atoms with Crippen molar-refractivity contribution in [2.24, 2.45) is 0 Å². The molecular formula is C14H14N2O7S3. The molecule has 12 heteroatoms. The number of carbonyl (C=O) groups is 2. The molecule has 0 bridgehead atoms. The van der Waals surface area contributed by atoms with Crippen molar-refractivity contribution in [1.29, 1.82) is 0 Å². The van der Waals surface area contributed by atoms with E-state index in [0.29, 0.717) is 22.6 Å². The van der Waals surface area contributed by atoms with Crippen molar-refractivity contribution in [2.45, 2.75) is 6.42 Å². The first-order chi connectivity index (χ1) is 12.2. The summed E-state index contributed by atoms with van der Waals surface area (Å²) >= 11 is 1.86. The van der Waals surface area contributed by atoms with Gasteiger partial charge in [-0.1, -0.05) is 11.3 Å². The standard InChI is InChI=1S/C14H14N2O7S3/c1-26(21,22)15-7-6-9-2-3-11(24-9)10(17)8-23-14(18)12-4-5-13(25-12)16(19)20/h2-5,15H,6-8H2,1H3. The number of rotatable bonds is 9. The first-order valence-electron chi connectivity index (χ1n) is 7.13. The lowest BCUT2D eigenvalue weighted by atomic mass is 10.3. The molecule has 26 heavy (non-hydrogen) atoms. The molecule has 0 aromatic carbocycles. The van der Waals surface area contributed by atoms with Gasteiger partial charge in [0.05, 0.1) is 16.1 Å². The molecule has 2 aromatic heterocycles. The summed E-state index contributed by atoms with van der Waals surface area (Å²) in [5.41, 5.74) is 0.